The minimum absolute atomic E-state index is 0.315. The Hall–Kier alpha value is -2.38. The van der Waals surface area contributed by atoms with E-state index < -0.39 is 0 Å². The fourth-order valence-corrected chi connectivity index (χ4v) is 5.77. The number of hydrogen-bond donors (Lipinski definition) is 1. The first-order chi connectivity index (χ1) is 15.1. The first-order valence-electron chi connectivity index (χ1n) is 11.4. The molecule has 0 bridgehead atoms. The van der Waals surface area contributed by atoms with E-state index in [9.17, 15) is 5.11 Å². The number of piperidine rings is 1. The second kappa shape index (κ2) is 8.63. The quantitative estimate of drug-likeness (QED) is 0.656. The second-order valence-electron chi connectivity index (χ2n) is 8.75. The van der Waals surface area contributed by atoms with Crippen molar-refractivity contribution in [1.82, 2.24) is 14.9 Å². The zero-order valence-electron chi connectivity index (χ0n) is 18.5. The van der Waals surface area contributed by atoms with Gasteiger partial charge in [0.15, 0.2) is 0 Å². The van der Waals surface area contributed by atoms with E-state index in [-0.39, 0.29) is 0 Å². The number of likely N-dealkylation sites (tertiary alicyclic amines) is 1. The molecule has 4 heterocycles. The number of aromatic nitrogens is 2. The third-order valence-corrected chi connectivity index (χ3v) is 7.76. The highest BCUT2D eigenvalue weighted by atomic mass is 32.1. The summed E-state index contributed by atoms with van der Waals surface area (Å²) in [6.45, 7) is 11.3. The molecule has 3 aromatic rings. The lowest BCUT2D eigenvalue weighted by molar-refractivity contribution is 0.216. The number of rotatable bonds is 4. The highest BCUT2D eigenvalue weighted by molar-refractivity contribution is 7.18. The zero-order chi connectivity index (χ0) is 21.4. The summed E-state index contributed by atoms with van der Waals surface area (Å²) in [5, 5.41) is 10.8. The van der Waals surface area contributed by atoms with Gasteiger partial charge in [-0.15, -0.1) is 11.3 Å². The molecule has 1 N–H and O–H groups in total. The van der Waals surface area contributed by atoms with Crippen molar-refractivity contribution in [2.45, 2.75) is 39.7 Å². The Labute approximate surface area is 188 Å². The summed E-state index contributed by atoms with van der Waals surface area (Å²) in [4.78, 5) is 19.9. The number of nitrogens with zero attached hydrogens (tertiary/aromatic N) is 5. The van der Waals surface area contributed by atoms with Gasteiger partial charge in [-0.05, 0) is 69.6 Å². The van der Waals surface area contributed by atoms with Crippen LogP contribution in [-0.4, -0.2) is 59.2 Å². The van der Waals surface area contributed by atoms with Gasteiger partial charge in [-0.3, -0.25) is 4.90 Å². The van der Waals surface area contributed by atoms with Crippen molar-refractivity contribution >= 4 is 33.1 Å². The van der Waals surface area contributed by atoms with Crippen LogP contribution in [0.25, 0.3) is 10.2 Å². The lowest BCUT2D eigenvalue weighted by Crippen LogP contribution is -2.47. The van der Waals surface area contributed by atoms with E-state index in [0.717, 1.165) is 62.3 Å². The van der Waals surface area contributed by atoms with Crippen LogP contribution in [0.15, 0.2) is 24.3 Å². The highest BCUT2D eigenvalue weighted by Gasteiger charge is 2.24. The molecule has 0 unspecified atom stereocenters. The number of piperazine rings is 1. The highest BCUT2D eigenvalue weighted by Crippen LogP contribution is 2.36. The van der Waals surface area contributed by atoms with Gasteiger partial charge in [-0.1, -0.05) is 6.42 Å². The minimum atomic E-state index is 0.315. The summed E-state index contributed by atoms with van der Waals surface area (Å²) >= 11 is 1.80. The molecule has 0 spiro atoms. The summed E-state index contributed by atoms with van der Waals surface area (Å²) in [5.74, 6) is 2.39. The molecule has 6 nitrogen and oxygen atoms in total. The van der Waals surface area contributed by atoms with Gasteiger partial charge in [0.1, 0.15) is 22.2 Å². The SMILES string of the molecule is Cc1sc2nc(CN3CCCCC3)nc(N3CCN(c4ccc(O)cc4)CC3)c2c1C. The molecule has 2 aliphatic heterocycles. The van der Waals surface area contributed by atoms with Crippen molar-refractivity contribution < 1.29 is 5.11 Å². The minimum Gasteiger partial charge on any atom is -0.508 e. The van der Waals surface area contributed by atoms with Gasteiger partial charge < -0.3 is 14.9 Å². The molecular weight excluding hydrogens is 406 g/mol. The number of aryl methyl sites for hydroxylation is 2. The van der Waals surface area contributed by atoms with E-state index >= 15 is 0 Å². The second-order valence-corrected chi connectivity index (χ2v) is 9.96. The van der Waals surface area contributed by atoms with E-state index in [4.69, 9.17) is 9.97 Å². The number of benzene rings is 1. The van der Waals surface area contributed by atoms with Crippen LogP contribution in [0, 0.1) is 13.8 Å². The van der Waals surface area contributed by atoms with Crippen LogP contribution in [0.4, 0.5) is 11.5 Å². The van der Waals surface area contributed by atoms with Crippen LogP contribution >= 0.6 is 11.3 Å². The number of fused-ring (bicyclic) bond motifs is 1. The van der Waals surface area contributed by atoms with E-state index in [0.29, 0.717) is 5.75 Å². The van der Waals surface area contributed by atoms with Crippen molar-refractivity contribution in [1.29, 1.82) is 0 Å². The Morgan fingerprint density at radius 3 is 2.26 bits per heavy atom. The number of phenolic OH excluding ortho intramolecular Hbond substituents is 1. The Balaban J connectivity index is 1.40. The standard InChI is InChI=1S/C24H31N5OS/c1-17-18(2)31-24-22(17)23(25-21(26-24)16-27-10-4-3-5-11-27)29-14-12-28(13-15-29)19-6-8-20(30)9-7-19/h6-9,30H,3-5,10-16H2,1-2H3. The van der Waals surface area contributed by atoms with Gasteiger partial charge in [0.25, 0.3) is 0 Å². The molecule has 5 rings (SSSR count). The molecule has 164 valence electrons. The Morgan fingerprint density at radius 2 is 1.55 bits per heavy atom. The predicted octanol–water partition coefficient (Wildman–Crippen LogP) is 4.33. The van der Waals surface area contributed by atoms with Crippen molar-refractivity contribution in [3.8, 4) is 5.75 Å². The van der Waals surface area contributed by atoms with Crippen molar-refractivity contribution in [3.05, 3.63) is 40.5 Å². The first kappa shape index (κ1) is 20.5. The third kappa shape index (κ3) is 4.21. The molecule has 0 aliphatic carbocycles. The fraction of sp³-hybridized carbons (Fsp3) is 0.500. The van der Waals surface area contributed by atoms with Gasteiger partial charge in [0.05, 0.1) is 11.9 Å². The molecule has 2 aromatic heterocycles. The molecule has 1 aromatic carbocycles. The molecule has 0 amide bonds. The number of aromatic hydroxyl groups is 1. The van der Waals surface area contributed by atoms with Gasteiger partial charge in [-0.25, -0.2) is 9.97 Å². The topological polar surface area (TPSA) is 55.7 Å². The maximum absolute atomic E-state index is 9.57. The van der Waals surface area contributed by atoms with Crippen LogP contribution < -0.4 is 9.80 Å². The lowest BCUT2D eigenvalue weighted by atomic mass is 10.1. The van der Waals surface area contributed by atoms with E-state index in [1.165, 1.54) is 40.8 Å². The Morgan fingerprint density at radius 1 is 0.871 bits per heavy atom. The molecule has 2 aliphatic rings. The fourth-order valence-electron chi connectivity index (χ4n) is 4.73. The van der Waals surface area contributed by atoms with Gasteiger partial charge in [0, 0.05) is 36.7 Å². The van der Waals surface area contributed by atoms with Crippen molar-refractivity contribution in [2.75, 3.05) is 49.1 Å². The number of hydrogen-bond acceptors (Lipinski definition) is 7. The molecule has 0 atom stereocenters. The average molecular weight is 438 g/mol. The monoisotopic (exact) mass is 437 g/mol. The van der Waals surface area contributed by atoms with E-state index in [2.05, 4.69) is 28.5 Å². The molecule has 2 saturated heterocycles. The average Bonchev–Trinajstić information content (AvgIpc) is 3.08. The van der Waals surface area contributed by atoms with Crippen LogP contribution in [0.5, 0.6) is 5.75 Å². The Kier molecular flexibility index (Phi) is 5.71. The summed E-state index contributed by atoms with van der Waals surface area (Å²) in [5.41, 5.74) is 2.49. The maximum atomic E-state index is 9.57. The van der Waals surface area contributed by atoms with E-state index in [1.807, 2.05) is 12.1 Å². The van der Waals surface area contributed by atoms with Crippen LogP contribution in [0.3, 0.4) is 0 Å². The largest absolute Gasteiger partial charge is 0.508 e. The van der Waals surface area contributed by atoms with E-state index in [1.54, 1.807) is 23.5 Å². The van der Waals surface area contributed by atoms with Crippen LogP contribution in [0.2, 0.25) is 0 Å². The Bertz CT molecular complexity index is 1050. The van der Waals surface area contributed by atoms with Crippen LogP contribution in [-0.2, 0) is 6.54 Å². The van der Waals surface area contributed by atoms with Crippen molar-refractivity contribution in [2.24, 2.45) is 0 Å². The number of anilines is 2. The van der Waals surface area contributed by atoms with Gasteiger partial charge >= 0.3 is 0 Å². The lowest BCUT2D eigenvalue weighted by Gasteiger charge is -2.37. The molecule has 0 radical (unpaired) electrons. The predicted molar refractivity (Wildman–Crippen MR) is 129 cm³/mol. The summed E-state index contributed by atoms with van der Waals surface area (Å²) < 4.78 is 0. The maximum Gasteiger partial charge on any atom is 0.146 e. The van der Waals surface area contributed by atoms with Crippen LogP contribution in [0.1, 0.15) is 35.5 Å². The van der Waals surface area contributed by atoms with Gasteiger partial charge in [-0.2, -0.15) is 0 Å². The smallest absolute Gasteiger partial charge is 0.146 e. The zero-order valence-corrected chi connectivity index (χ0v) is 19.3. The summed E-state index contributed by atoms with van der Waals surface area (Å²) in [6, 6.07) is 7.52. The molecule has 31 heavy (non-hydrogen) atoms. The normalized spacial score (nSPS) is 18.1. The molecular formula is C24H31N5OS. The number of phenols is 1. The summed E-state index contributed by atoms with van der Waals surface area (Å²) in [7, 11) is 0. The number of thiophene rings is 1. The molecule has 0 saturated carbocycles. The van der Waals surface area contributed by atoms with Gasteiger partial charge in [0.2, 0.25) is 0 Å². The third-order valence-electron chi connectivity index (χ3n) is 6.66. The molecule has 7 heteroatoms. The summed E-state index contributed by atoms with van der Waals surface area (Å²) in [6.07, 6.45) is 3.91. The first-order valence-corrected chi connectivity index (χ1v) is 12.2. The molecule has 2 fully saturated rings. The van der Waals surface area contributed by atoms with Crippen molar-refractivity contribution in [3.63, 3.8) is 0 Å².